The fraction of sp³-hybridized carbons (Fsp3) is 0.391. The van der Waals surface area contributed by atoms with Crippen LogP contribution >= 0.6 is 23.1 Å². The SMILES string of the molecule is CCOC(=O)c1sc(NC(=O)[C@H](CC)Sc2nnc3c4ccccc4n(C(C)C)c3n2)nc1C. The second-order valence-electron chi connectivity index (χ2n) is 7.91. The Labute approximate surface area is 205 Å². The molecule has 1 N–H and O–H groups in total. The third-order valence-electron chi connectivity index (χ3n) is 5.21. The van der Waals surface area contributed by atoms with Gasteiger partial charge in [0.2, 0.25) is 11.1 Å². The van der Waals surface area contributed by atoms with Crippen molar-refractivity contribution < 1.29 is 14.3 Å². The maximum atomic E-state index is 13.0. The van der Waals surface area contributed by atoms with Crippen molar-refractivity contribution in [1.29, 1.82) is 0 Å². The van der Waals surface area contributed by atoms with Gasteiger partial charge >= 0.3 is 5.97 Å². The molecule has 0 unspecified atom stereocenters. The summed E-state index contributed by atoms with van der Waals surface area (Å²) in [5.41, 5.74) is 3.08. The summed E-state index contributed by atoms with van der Waals surface area (Å²) in [4.78, 5) is 34.5. The molecule has 0 fully saturated rings. The molecule has 1 amide bonds. The Balaban J connectivity index is 1.57. The molecule has 0 saturated carbocycles. The zero-order valence-electron chi connectivity index (χ0n) is 19.7. The van der Waals surface area contributed by atoms with Gasteiger partial charge in [-0.25, -0.2) is 14.8 Å². The van der Waals surface area contributed by atoms with E-state index in [9.17, 15) is 9.59 Å². The average Bonchev–Trinajstić information content (AvgIpc) is 3.34. The Morgan fingerprint density at radius 2 is 1.94 bits per heavy atom. The molecule has 9 nitrogen and oxygen atoms in total. The molecule has 0 spiro atoms. The smallest absolute Gasteiger partial charge is 0.350 e. The summed E-state index contributed by atoms with van der Waals surface area (Å²) in [6.07, 6.45) is 0.556. The second-order valence-corrected chi connectivity index (χ2v) is 10.1. The van der Waals surface area contributed by atoms with Crippen LogP contribution in [0.5, 0.6) is 0 Å². The first-order chi connectivity index (χ1) is 16.3. The predicted octanol–water partition coefficient (Wildman–Crippen LogP) is 5.01. The molecule has 4 rings (SSSR count). The fourth-order valence-electron chi connectivity index (χ4n) is 3.69. The largest absolute Gasteiger partial charge is 0.462 e. The third-order valence-corrected chi connectivity index (χ3v) is 7.48. The number of nitrogens with zero attached hydrogens (tertiary/aromatic N) is 5. The first-order valence-corrected chi connectivity index (χ1v) is 12.8. The van der Waals surface area contributed by atoms with Crippen molar-refractivity contribution in [3.05, 3.63) is 34.8 Å². The number of fused-ring (bicyclic) bond motifs is 3. The molecule has 3 aromatic heterocycles. The molecule has 1 atom stereocenters. The van der Waals surface area contributed by atoms with Crippen molar-refractivity contribution in [2.45, 2.75) is 57.5 Å². The second kappa shape index (κ2) is 10.1. The number of aryl methyl sites for hydroxylation is 1. The summed E-state index contributed by atoms with van der Waals surface area (Å²) in [5.74, 6) is -0.669. The van der Waals surface area contributed by atoms with Crippen LogP contribution in [0.2, 0.25) is 0 Å². The van der Waals surface area contributed by atoms with Gasteiger partial charge in [0, 0.05) is 11.4 Å². The molecule has 1 aromatic carbocycles. The van der Waals surface area contributed by atoms with E-state index in [-0.39, 0.29) is 18.6 Å². The van der Waals surface area contributed by atoms with Gasteiger partial charge in [-0.15, -0.1) is 10.2 Å². The molecule has 0 saturated heterocycles. The molecule has 3 heterocycles. The number of hydrogen-bond acceptors (Lipinski definition) is 9. The van der Waals surface area contributed by atoms with Gasteiger partial charge in [0.1, 0.15) is 10.4 Å². The summed E-state index contributed by atoms with van der Waals surface area (Å²) in [7, 11) is 0. The van der Waals surface area contributed by atoms with Gasteiger partial charge in [-0.1, -0.05) is 48.2 Å². The lowest BCUT2D eigenvalue weighted by Gasteiger charge is -2.13. The van der Waals surface area contributed by atoms with Crippen LogP contribution in [-0.2, 0) is 9.53 Å². The number of anilines is 1. The van der Waals surface area contributed by atoms with Gasteiger partial charge < -0.3 is 14.6 Å². The van der Waals surface area contributed by atoms with Crippen LogP contribution in [0.25, 0.3) is 22.1 Å². The number of ether oxygens (including phenoxy) is 1. The maximum absolute atomic E-state index is 13.0. The Kier molecular flexibility index (Phi) is 7.13. The molecule has 0 radical (unpaired) electrons. The number of esters is 1. The summed E-state index contributed by atoms with van der Waals surface area (Å²) in [6.45, 7) is 9.86. The summed E-state index contributed by atoms with van der Waals surface area (Å²) in [5, 5.41) is 12.9. The lowest BCUT2D eigenvalue weighted by molar-refractivity contribution is -0.115. The van der Waals surface area contributed by atoms with E-state index < -0.39 is 11.2 Å². The monoisotopic (exact) mass is 498 g/mol. The van der Waals surface area contributed by atoms with Gasteiger partial charge in [-0.3, -0.25) is 4.79 Å². The highest BCUT2D eigenvalue weighted by Gasteiger charge is 2.24. The minimum atomic E-state index is -0.452. The zero-order chi connectivity index (χ0) is 24.4. The van der Waals surface area contributed by atoms with Crippen LogP contribution in [0.1, 0.15) is 55.5 Å². The number of rotatable bonds is 8. The molecule has 34 heavy (non-hydrogen) atoms. The van der Waals surface area contributed by atoms with E-state index in [2.05, 4.69) is 38.9 Å². The number of thiazole rings is 1. The van der Waals surface area contributed by atoms with Crippen LogP contribution in [0, 0.1) is 6.92 Å². The number of thioether (sulfide) groups is 1. The summed E-state index contributed by atoms with van der Waals surface area (Å²) in [6, 6.07) is 8.22. The normalized spacial score (nSPS) is 12.4. The van der Waals surface area contributed by atoms with Crippen molar-refractivity contribution in [2.24, 2.45) is 0 Å². The van der Waals surface area contributed by atoms with Crippen LogP contribution < -0.4 is 5.32 Å². The van der Waals surface area contributed by atoms with Gasteiger partial charge in [0.25, 0.3) is 0 Å². The molecule has 178 valence electrons. The van der Waals surface area contributed by atoms with E-state index in [4.69, 9.17) is 9.72 Å². The Morgan fingerprint density at radius 3 is 2.65 bits per heavy atom. The van der Waals surface area contributed by atoms with Gasteiger partial charge in [0.05, 0.1) is 23.1 Å². The standard InChI is InChI=1S/C23H26N6O3S2/c1-6-16(20(30)26-22-24-13(5)18(34-22)21(31)32-7-2)33-23-25-19-17(27-28-23)14-10-8-9-11-15(14)29(19)12(3)4/h8-12,16H,6-7H2,1-5H3,(H,24,26,30)/t16-/m0/s1. The maximum Gasteiger partial charge on any atom is 0.350 e. The van der Waals surface area contributed by atoms with Gasteiger partial charge in [-0.05, 0) is 40.2 Å². The van der Waals surface area contributed by atoms with Crippen molar-refractivity contribution >= 4 is 62.2 Å². The van der Waals surface area contributed by atoms with E-state index in [1.165, 1.54) is 11.8 Å². The van der Waals surface area contributed by atoms with E-state index >= 15 is 0 Å². The highest BCUT2D eigenvalue weighted by molar-refractivity contribution is 8.00. The fourth-order valence-corrected chi connectivity index (χ4v) is 5.37. The predicted molar refractivity (Wildman–Crippen MR) is 135 cm³/mol. The summed E-state index contributed by atoms with van der Waals surface area (Å²) < 4.78 is 7.19. The number of carbonyl (C=O) groups is 2. The Hall–Kier alpha value is -3.05. The third kappa shape index (κ3) is 4.62. The van der Waals surface area contributed by atoms with Gasteiger partial charge in [0.15, 0.2) is 10.8 Å². The minimum Gasteiger partial charge on any atom is -0.462 e. The Morgan fingerprint density at radius 1 is 1.18 bits per heavy atom. The number of amides is 1. The number of benzene rings is 1. The molecule has 11 heteroatoms. The highest BCUT2D eigenvalue weighted by Crippen LogP contribution is 2.31. The van der Waals surface area contributed by atoms with Crippen LogP contribution in [0.3, 0.4) is 0 Å². The Bertz CT molecular complexity index is 1360. The number of carbonyl (C=O) groups excluding carboxylic acids is 2. The van der Waals surface area contributed by atoms with Crippen LogP contribution in [0.4, 0.5) is 5.13 Å². The van der Waals surface area contributed by atoms with Crippen molar-refractivity contribution in [3.8, 4) is 0 Å². The quantitative estimate of drug-likeness (QED) is 0.266. The van der Waals surface area contributed by atoms with Crippen LogP contribution in [-0.4, -0.2) is 48.5 Å². The molecule has 0 aliphatic carbocycles. The van der Waals surface area contributed by atoms with E-state index in [0.29, 0.717) is 27.3 Å². The van der Waals surface area contributed by atoms with E-state index in [0.717, 1.165) is 33.4 Å². The van der Waals surface area contributed by atoms with Crippen LogP contribution in [0.15, 0.2) is 29.4 Å². The van der Waals surface area contributed by atoms with E-state index in [1.807, 2.05) is 31.2 Å². The molecule has 0 aliphatic rings. The molecule has 0 aliphatic heterocycles. The molecule has 0 bridgehead atoms. The molecule has 4 aromatic rings. The first-order valence-electron chi connectivity index (χ1n) is 11.1. The first kappa shape index (κ1) is 24.1. The molecular formula is C23H26N6O3S2. The number of aromatic nitrogens is 5. The van der Waals surface area contributed by atoms with E-state index in [1.54, 1.807) is 13.8 Å². The summed E-state index contributed by atoms with van der Waals surface area (Å²) >= 11 is 2.37. The molecular weight excluding hydrogens is 472 g/mol. The topological polar surface area (TPSA) is 112 Å². The van der Waals surface area contributed by atoms with Crippen molar-refractivity contribution in [3.63, 3.8) is 0 Å². The highest BCUT2D eigenvalue weighted by atomic mass is 32.2. The minimum absolute atomic E-state index is 0.184. The van der Waals surface area contributed by atoms with Crippen molar-refractivity contribution in [1.82, 2.24) is 24.7 Å². The lowest BCUT2D eigenvalue weighted by atomic mass is 10.2. The number of para-hydroxylation sites is 1. The lowest BCUT2D eigenvalue weighted by Crippen LogP contribution is -2.24. The van der Waals surface area contributed by atoms with Crippen molar-refractivity contribution in [2.75, 3.05) is 11.9 Å². The van der Waals surface area contributed by atoms with Gasteiger partial charge in [-0.2, -0.15) is 0 Å². The zero-order valence-corrected chi connectivity index (χ0v) is 21.3. The number of nitrogens with one attached hydrogen (secondary N) is 1. The average molecular weight is 499 g/mol. The number of hydrogen-bond donors (Lipinski definition) is 1.